The van der Waals surface area contributed by atoms with Crippen LogP contribution >= 0.6 is 0 Å². The van der Waals surface area contributed by atoms with Gasteiger partial charge in [-0.05, 0) is 42.8 Å². The Kier molecular flexibility index (Phi) is 3.84. The predicted molar refractivity (Wildman–Crippen MR) is 83.0 cm³/mol. The van der Waals surface area contributed by atoms with E-state index in [0.29, 0.717) is 23.9 Å². The summed E-state index contributed by atoms with van der Waals surface area (Å²) in [6.45, 7) is 2.44. The van der Waals surface area contributed by atoms with E-state index in [9.17, 15) is 0 Å². The van der Waals surface area contributed by atoms with Crippen LogP contribution in [0.3, 0.4) is 0 Å². The summed E-state index contributed by atoms with van der Waals surface area (Å²) in [7, 11) is 0. The Morgan fingerprint density at radius 3 is 2.59 bits per heavy atom. The molecule has 0 amide bonds. The van der Waals surface area contributed by atoms with E-state index in [1.165, 1.54) is 0 Å². The van der Waals surface area contributed by atoms with E-state index in [-0.39, 0.29) is 0 Å². The van der Waals surface area contributed by atoms with Crippen molar-refractivity contribution in [1.82, 2.24) is 10.2 Å². The number of hydrogen-bond acceptors (Lipinski definition) is 5. The van der Waals surface area contributed by atoms with Crippen molar-refractivity contribution in [1.29, 1.82) is 5.26 Å². The first-order chi connectivity index (χ1) is 10.8. The monoisotopic (exact) mass is 290 g/mol. The lowest BCUT2D eigenvalue weighted by Crippen LogP contribution is -1.99. The maximum absolute atomic E-state index is 8.77. The lowest BCUT2D eigenvalue weighted by molar-refractivity contribution is 0.514. The van der Waals surface area contributed by atoms with Crippen LogP contribution in [0, 0.1) is 18.3 Å². The van der Waals surface area contributed by atoms with Gasteiger partial charge in [-0.2, -0.15) is 5.26 Å². The zero-order valence-electron chi connectivity index (χ0n) is 12.1. The highest BCUT2D eigenvalue weighted by Gasteiger charge is 2.10. The molecule has 3 rings (SSSR count). The smallest absolute Gasteiger partial charge is 0.248 e. The molecule has 108 valence electrons. The molecule has 0 aliphatic carbocycles. The molecule has 5 heteroatoms. The predicted octanol–water partition coefficient (Wildman–Crippen LogP) is 3.53. The highest BCUT2D eigenvalue weighted by Crippen LogP contribution is 2.21. The summed E-state index contributed by atoms with van der Waals surface area (Å²) in [5.41, 5.74) is 3.57. The molecular weight excluding hydrogens is 276 g/mol. The first kappa shape index (κ1) is 13.8. The highest BCUT2D eigenvalue weighted by atomic mass is 16.4. The van der Waals surface area contributed by atoms with Gasteiger partial charge in [-0.25, -0.2) is 0 Å². The zero-order chi connectivity index (χ0) is 15.4. The number of nitrogens with zero attached hydrogens (tertiary/aromatic N) is 3. The number of benzene rings is 2. The van der Waals surface area contributed by atoms with Gasteiger partial charge in [0.25, 0.3) is 0 Å². The average Bonchev–Trinajstić information content (AvgIpc) is 3.02. The molecule has 0 radical (unpaired) electrons. The third kappa shape index (κ3) is 2.96. The third-order valence-corrected chi connectivity index (χ3v) is 3.30. The molecule has 3 aromatic rings. The van der Waals surface area contributed by atoms with Crippen molar-refractivity contribution >= 4 is 5.69 Å². The molecule has 0 aliphatic heterocycles. The van der Waals surface area contributed by atoms with Gasteiger partial charge >= 0.3 is 0 Å². The van der Waals surface area contributed by atoms with Crippen molar-refractivity contribution in [2.45, 2.75) is 13.5 Å². The van der Waals surface area contributed by atoms with Crippen LogP contribution in [0.4, 0.5) is 5.69 Å². The van der Waals surface area contributed by atoms with Crippen LogP contribution in [0.2, 0.25) is 0 Å². The molecule has 0 atom stereocenters. The molecule has 0 bridgehead atoms. The van der Waals surface area contributed by atoms with Crippen molar-refractivity contribution in [3.63, 3.8) is 0 Å². The van der Waals surface area contributed by atoms with Crippen LogP contribution in [-0.4, -0.2) is 10.2 Å². The Hall–Kier alpha value is -3.13. The van der Waals surface area contributed by atoms with E-state index in [0.717, 1.165) is 16.8 Å². The molecule has 0 saturated carbocycles. The molecule has 1 aromatic heterocycles. The van der Waals surface area contributed by atoms with E-state index in [4.69, 9.17) is 9.68 Å². The van der Waals surface area contributed by atoms with E-state index >= 15 is 0 Å². The summed E-state index contributed by atoms with van der Waals surface area (Å²) in [5.74, 6) is 1.04. The normalized spacial score (nSPS) is 10.2. The Labute approximate surface area is 128 Å². The van der Waals surface area contributed by atoms with Gasteiger partial charge in [-0.15, -0.1) is 10.2 Å². The van der Waals surface area contributed by atoms with Gasteiger partial charge in [-0.1, -0.05) is 18.2 Å². The Balaban J connectivity index is 1.69. The second-order valence-corrected chi connectivity index (χ2v) is 4.86. The van der Waals surface area contributed by atoms with E-state index < -0.39 is 0 Å². The van der Waals surface area contributed by atoms with Crippen molar-refractivity contribution in [2.24, 2.45) is 0 Å². The molecule has 1 heterocycles. The standard InChI is InChI=1S/C17H14N4O/c1-12-4-2-3-5-15(12)17-21-20-16(22-17)11-19-14-8-6-13(10-18)7-9-14/h2-9,19H,11H2,1H3. The highest BCUT2D eigenvalue weighted by molar-refractivity contribution is 5.57. The van der Waals surface area contributed by atoms with Crippen LogP contribution in [0.15, 0.2) is 52.9 Å². The summed E-state index contributed by atoms with van der Waals surface area (Å²) < 4.78 is 5.68. The number of rotatable bonds is 4. The SMILES string of the molecule is Cc1ccccc1-c1nnc(CNc2ccc(C#N)cc2)o1. The molecule has 0 spiro atoms. The van der Waals surface area contributed by atoms with Crippen LogP contribution in [0.1, 0.15) is 17.0 Å². The summed E-state index contributed by atoms with van der Waals surface area (Å²) in [6.07, 6.45) is 0. The second-order valence-electron chi connectivity index (χ2n) is 4.86. The Morgan fingerprint density at radius 2 is 1.86 bits per heavy atom. The van der Waals surface area contributed by atoms with E-state index in [1.807, 2.05) is 43.3 Å². The number of nitriles is 1. The van der Waals surface area contributed by atoms with Gasteiger partial charge in [0.1, 0.15) is 0 Å². The fourth-order valence-corrected chi connectivity index (χ4v) is 2.09. The lowest BCUT2D eigenvalue weighted by atomic mass is 10.1. The van der Waals surface area contributed by atoms with Crippen molar-refractivity contribution in [3.8, 4) is 17.5 Å². The topological polar surface area (TPSA) is 74.7 Å². The molecule has 0 unspecified atom stereocenters. The first-order valence-electron chi connectivity index (χ1n) is 6.88. The first-order valence-corrected chi connectivity index (χ1v) is 6.88. The van der Waals surface area contributed by atoms with Crippen LogP contribution in [0.5, 0.6) is 0 Å². The summed E-state index contributed by atoms with van der Waals surface area (Å²) >= 11 is 0. The number of anilines is 1. The molecule has 1 N–H and O–H groups in total. The van der Waals surface area contributed by atoms with Crippen molar-refractivity contribution < 1.29 is 4.42 Å². The Morgan fingerprint density at radius 1 is 1.09 bits per heavy atom. The molecule has 0 aliphatic rings. The van der Waals surface area contributed by atoms with Crippen molar-refractivity contribution in [2.75, 3.05) is 5.32 Å². The minimum Gasteiger partial charge on any atom is -0.419 e. The lowest BCUT2D eigenvalue weighted by Gasteiger charge is -2.03. The van der Waals surface area contributed by atoms with E-state index in [1.54, 1.807) is 12.1 Å². The average molecular weight is 290 g/mol. The largest absolute Gasteiger partial charge is 0.419 e. The third-order valence-electron chi connectivity index (χ3n) is 3.30. The molecule has 2 aromatic carbocycles. The van der Waals surface area contributed by atoms with Gasteiger partial charge in [-0.3, -0.25) is 0 Å². The van der Waals surface area contributed by atoms with Gasteiger partial charge < -0.3 is 9.73 Å². The van der Waals surface area contributed by atoms with Gasteiger partial charge in [0, 0.05) is 11.3 Å². The number of aromatic nitrogens is 2. The van der Waals surface area contributed by atoms with E-state index in [2.05, 4.69) is 21.6 Å². The number of nitrogens with one attached hydrogen (secondary N) is 1. The molecule has 22 heavy (non-hydrogen) atoms. The fourth-order valence-electron chi connectivity index (χ4n) is 2.09. The summed E-state index contributed by atoms with van der Waals surface area (Å²) in [5, 5.41) is 20.1. The number of hydrogen-bond donors (Lipinski definition) is 1. The maximum Gasteiger partial charge on any atom is 0.248 e. The van der Waals surface area contributed by atoms with Crippen LogP contribution in [0.25, 0.3) is 11.5 Å². The summed E-state index contributed by atoms with van der Waals surface area (Å²) in [4.78, 5) is 0. The van der Waals surface area contributed by atoms with Gasteiger partial charge in [0.05, 0.1) is 18.2 Å². The van der Waals surface area contributed by atoms with Crippen LogP contribution in [-0.2, 0) is 6.54 Å². The zero-order valence-corrected chi connectivity index (χ0v) is 12.1. The molecule has 5 nitrogen and oxygen atoms in total. The minimum absolute atomic E-state index is 0.435. The second kappa shape index (κ2) is 6.10. The summed E-state index contributed by atoms with van der Waals surface area (Å²) in [6, 6.07) is 17.2. The minimum atomic E-state index is 0.435. The van der Waals surface area contributed by atoms with Crippen molar-refractivity contribution in [3.05, 3.63) is 65.5 Å². The molecular formula is C17H14N4O. The molecule has 0 fully saturated rings. The quantitative estimate of drug-likeness (QED) is 0.795. The Bertz CT molecular complexity index is 815. The van der Waals surface area contributed by atoms with Gasteiger partial charge in [0.15, 0.2) is 0 Å². The molecule has 0 saturated heterocycles. The van der Waals surface area contributed by atoms with Crippen LogP contribution < -0.4 is 5.32 Å². The number of aryl methyl sites for hydroxylation is 1. The van der Waals surface area contributed by atoms with Gasteiger partial charge in [0.2, 0.25) is 11.8 Å². The fraction of sp³-hybridized carbons (Fsp3) is 0.118. The maximum atomic E-state index is 8.77.